The fourth-order valence-corrected chi connectivity index (χ4v) is 2.54. The van der Waals surface area contributed by atoms with Gasteiger partial charge in [-0.05, 0) is 44.8 Å². The Bertz CT molecular complexity index is 133. The lowest BCUT2D eigenvalue weighted by Crippen LogP contribution is -2.41. The van der Waals surface area contributed by atoms with E-state index in [-0.39, 0.29) is 0 Å². The average molecular weight is 154 g/mol. The van der Waals surface area contributed by atoms with E-state index in [0.29, 0.717) is 5.41 Å². The van der Waals surface area contributed by atoms with Crippen molar-refractivity contribution in [1.82, 2.24) is 10.2 Å². The van der Waals surface area contributed by atoms with Gasteiger partial charge in [0.1, 0.15) is 0 Å². The molecule has 2 aliphatic rings. The van der Waals surface area contributed by atoms with Gasteiger partial charge in [-0.2, -0.15) is 0 Å². The third-order valence-electron chi connectivity index (χ3n) is 3.19. The van der Waals surface area contributed by atoms with Crippen LogP contribution in [0.4, 0.5) is 0 Å². The number of hydrogen-bond acceptors (Lipinski definition) is 2. The maximum absolute atomic E-state index is 3.51. The van der Waals surface area contributed by atoms with Crippen molar-refractivity contribution in [1.29, 1.82) is 0 Å². The first-order valence-electron chi connectivity index (χ1n) is 4.70. The number of nitrogens with zero attached hydrogens (tertiary/aromatic N) is 1. The van der Waals surface area contributed by atoms with Crippen LogP contribution in [-0.4, -0.2) is 38.1 Å². The molecule has 0 bridgehead atoms. The Morgan fingerprint density at radius 2 is 2.27 bits per heavy atom. The summed E-state index contributed by atoms with van der Waals surface area (Å²) in [5.41, 5.74) is 0.660. The van der Waals surface area contributed by atoms with E-state index in [1.807, 2.05) is 0 Å². The number of likely N-dealkylation sites (tertiary alicyclic amines) is 1. The molecule has 0 aliphatic carbocycles. The summed E-state index contributed by atoms with van der Waals surface area (Å²) in [6, 6.07) is 0. The van der Waals surface area contributed by atoms with E-state index in [4.69, 9.17) is 0 Å². The maximum atomic E-state index is 3.51. The van der Waals surface area contributed by atoms with Crippen LogP contribution in [0.2, 0.25) is 0 Å². The lowest BCUT2D eigenvalue weighted by molar-refractivity contribution is 0.213. The quantitative estimate of drug-likeness (QED) is 0.552. The summed E-state index contributed by atoms with van der Waals surface area (Å²) in [5.74, 6) is 0. The molecular formula is C9H18N2. The molecule has 2 nitrogen and oxygen atoms in total. The molecule has 1 N–H and O–H groups in total. The topological polar surface area (TPSA) is 15.3 Å². The van der Waals surface area contributed by atoms with Gasteiger partial charge in [0.25, 0.3) is 0 Å². The summed E-state index contributed by atoms with van der Waals surface area (Å²) in [4.78, 5) is 2.47. The van der Waals surface area contributed by atoms with Crippen LogP contribution in [0.1, 0.15) is 19.3 Å². The first kappa shape index (κ1) is 7.56. The highest BCUT2D eigenvalue weighted by Gasteiger charge is 2.37. The molecule has 0 aromatic carbocycles. The highest BCUT2D eigenvalue weighted by atomic mass is 15.1. The van der Waals surface area contributed by atoms with Crippen LogP contribution >= 0.6 is 0 Å². The van der Waals surface area contributed by atoms with Crippen molar-refractivity contribution in [2.45, 2.75) is 19.3 Å². The van der Waals surface area contributed by atoms with Crippen LogP contribution in [0, 0.1) is 5.41 Å². The summed E-state index contributed by atoms with van der Waals surface area (Å²) in [6.45, 7) is 5.13. The van der Waals surface area contributed by atoms with Crippen molar-refractivity contribution in [3.63, 3.8) is 0 Å². The molecule has 64 valence electrons. The van der Waals surface area contributed by atoms with E-state index in [0.717, 1.165) is 0 Å². The Labute approximate surface area is 69.0 Å². The van der Waals surface area contributed by atoms with Crippen molar-refractivity contribution >= 4 is 0 Å². The molecule has 11 heavy (non-hydrogen) atoms. The SMILES string of the molecule is CN1CC[C@@]2(CCCNC2)C1. The van der Waals surface area contributed by atoms with Gasteiger partial charge in [-0.25, -0.2) is 0 Å². The summed E-state index contributed by atoms with van der Waals surface area (Å²) < 4.78 is 0. The van der Waals surface area contributed by atoms with Gasteiger partial charge in [-0.3, -0.25) is 0 Å². The number of nitrogens with one attached hydrogen (secondary N) is 1. The molecule has 1 atom stereocenters. The van der Waals surface area contributed by atoms with Crippen LogP contribution in [0.3, 0.4) is 0 Å². The Kier molecular flexibility index (Phi) is 1.90. The van der Waals surface area contributed by atoms with Crippen molar-refractivity contribution in [2.24, 2.45) is 5.41 Å². The van der Waals surface area contributed by atoms with E-state index >= 15 is 0 Å². The first-order chi connectivity index (χ1) is 5.31. The van der Waals surface area contributed by atoms with Crippen LogP contribution < -0.4 is 5.32 Å². The molecule has 0 aromatic rings. The van der Waals surface area contributed by atoms with Gasteiger partial charge in [-0.1, -0.05) is 0 Å². The minimum absolute atomic E-state index is 0.660. The maximum Gasteiger partial charge on any atom is 0.00476 e. The van der Waals surface area contributed by atoms with E-state index < -0.39 is 0 Å². The fraction of sp³-hybridized carbons (Fsp3) is 1.00. The Morgan fingerprint density at radius 1 is 1.36 bits per heavy atom. The highest BCUT2D eigenvalue weighted by molar-refractivity contribution is 4.92. The summed E-state index contributed by atoms with van der Waals surface area (Å²) in [5, 5.41) is 3.51. The number of piperidine rings is 1. The third kappa shape index (κ3) is 1.42. The zero-order chi connectivity index (χ0) is 7.73. The molecule has 0 aromatic heterocycles. The normalized spacial score (nSPS) is 40.1. The molecular weight excluding hydrogens is 136 g/mol. The van der Waals surface area contributed by atoms with Gasteiger partial charge in [-0.15, -0.1) is 0 Å². The molecule has 0 radical (unpaired) electrons. The second-order valence-electron chi connectivity index (χ2n) is 4.27. The van der Waals surface area contributed by atoms with Crippen molar-refractivity contribution in [3.8, 4) is 0 Å². The van der Waals surface area contributed by atoms with E-state index in [1.165, 1.54) is 45.4 Å². The Balaban J connectivity index is 1.98. The number of hydrogen-bond donors (Lipinski definition) is 1. The van der Waals surface area contributed by atoms with Crippen molar-refractivity contribution < 1.29 is 0 Å². The lowest BCUT2D eigenvalue weighted by Gasteiger charge is -2.33. The standard InChI is InChI=1S/C9H18N2/c1-11-6-4-9(8-11)3-2-5-10-7-9/h10H,2-8H2,1H3/t9-/m1/s1. The molecule has 2 rings (SSSR count). The predicted molar refractivity (Wildman–Crippen MR) is 46.7 cm³/mol. The minimum atomic E-state index is 0.660. The lowest BCUT2D eigenvalue weighted by atomic mass is 9.80. The third-order valence-corrected chi connectivity index (χ3v) is 3.19. The average Bonchev–Trinajstić information content (AvgIpc) is 2.34. The van der Waals surface area contributed by atoms with Crippen LogP contribution in [0.5, 0.6) is 0 Å². The summed E-state index contributed by atoms with van der Waals surface area (Å²) in [6.07, 6.45) is 4.24. The molecule has 2 fully saturated rings. The summed E-state index contributed by atoms with van der Waals surface area (Å²) >= 11 is 0. The predicted octanol–water partition coefficient (Wildman–Crippen LogP) is 0.692. The van der Waals surface area contributed by atoms with Crippen LogP contribution in [-0.2, 0) is 0 Å². The molecule has 0 unspecified atom stereocenters. The Hall–Kier alpha value is -0.0800. The van der Waals surface area contributed by atoms with Crippen molar-refractivity contribution in [2.75, 3.05) is 33.2 Å². The van der Waals surface area contributed by atoms with Gasteiger partial charge >= 0.3 is 0 Å². The van der Waals surface area contributed by atoms with Crippen LogP contribution in [0.25, 0.3) is 0 Å². The van der Waals surface area contributed by atoms with E-state index in [9.17, 15) is 0 Å². The smallest absolute Gasteiger partial charge is 0.00476 e. The molecule has 2 aliphatic heterocycles. The molecule has 2 heteroatoms. The minimum Gasteiger partial charge on any atom is -0.316 e. The first-order valence-corrected chi connectivity index (χ1v) is 4.70. The second-order valence-corrected chi connectivity index (χ2v) is 4.27. The molecule has 0 saturated carbocycles. The second kappa shape index (κ2) is 2.76. The Morgan fingerprint density at radius 3 is 2.82 bits per heavy atom. The highest BCUT2D eigenvalue weighted by Crippen LogP contribution is 2.35. The zero-order valence-corrected chi connectivity index (χ0v) is 7.40. The summed E-state index contributed by atoms with van der Waals surface area (Å²) in [7, 11) is 2.24. The van der Waals surface area contributed by atoms with E-state index in [2.05, 4.69) is 17.3 Å². The fourth-order valence-electron chi connectivity index (χ4n) is 2.54. The largest absolute Gasteiger partial charge is 0.316 e. The molecule has 0 amide bonds. The zero-order valence-electron chi connectivity index (χ0n) is 7.40. The van der Waals surface area contributed by atoms with Gasteiger partial charge in [0.05, 0.1) is 0 Å². The monoisotopic (exact) mass is 154 g/mol. The molecule has 2 heterocycles. The molecule has 1 spiro atoms. The van der Waals surface area contributed by atoms with Gasteiger partial charge < -0.3 is 10.2 Å². The number of rotatable bonds is 0. The van der Waals surface area contributed by atoms with Crippen molar-refractivity contribution in [3.05, 3.63) is 0 Å². The van der Waals surface area contributed by atoms with Gasteiger partial charge in [0, 0.05) is 13.1 Å². The van der Waals surface area contributed by atoms with Gasteiger partial charge in [0.15, 0.2) is 0 Å². The van der Waals surface area contributed by atoms with Gasteiger partial charge in [0.2, 0.25) is 0 Å². The van der Waals surface area contributed by atoms with Crippen LogP contribution in [0.15, 0.2) is 0 Å². The molecule has 2 saturated heterocycles. The van der Waals surface area contributed by atoms with E-state index in [1.54, 1.807) is 0 Å².